The van der Waals surface area contributed by atoms with Crippen molar-refractivity contribution in [1.29, 1.82) is 0 Å². The Labute approximate surface area is 340 Å². The van der Waals surface area contributed by atoms with E-state index < -0.39 is 22.0 Å². The molecule has 0 aromatic heterocycles. The van der Waals surface area contributed by atoms with Crippen molar-refractivity contribution in [2.75, 3.05) is 31.9 Å². The lowest BCUT2D eigenvalue weighted by Gasteiger charge is -2.40. The topological polar surface area (TPSA) is 74.6 Å². The lowest BCUT2D eigenvalue weighted by Crippen LogP contribution is -2.55. The molecule has 0 amide bonds. The van der Waals surface area contributed by atoms with Crippen LogP contribution < -0.4 is 0 Å². The van der Waals surface area contributed by atoms with Gasteiger partial charge >= 0.3 is 0 Å². The van der Waals surface area contributed by atoms with Crippen LogP contribution in [0.5, 0.6) is 0 Å². The third-order valence-electron chi connectivity index (χ3n) is 12.2. The summed E-state index contributed by atoms with van der Waals surface area (Å²) in [4.78, 5) is 0. The van der Waals surface area contributed by atoms with E-state index in [0.29, 0.717) is 6.54 Å². The maximum absolute atomic E-state index is 11.8. The summed E-state index contributed by atoms with van der Waals surface area (Å²) in [6.07, 6.45) is 51.2. The van der Waals surface area contributed by atoms with Gasteiger partial charge in [-0.1, -0.05) is 233 Å². The minimum absolute atomic E-state index is 0.453. The zero-order chi connectivity index (χ0) is 39.7. The van der Waals surface area contributed by atoms with Crippen LogP contribution in [0.3, 0.4) is 0 Å². The maximum Gasteiger partial charge on any atom is 0.267 e. The van der Waals surface area contributed by atoms with Crippen molar-refractivity contribution in [1.82, 2.24) is 0 Å². The quantitative estimate of drug-likeness (QED) is 0.0366. The molecular formula is C48H100NO4S+. The molecule has 0 aliphatic rings. The molecule has 0 aliphatic carbocycles. The van der Waals surface area contributed by atoms with Gasteiger partial charge in [0.2, 0.25) is 0 Å². The molecule has 1 atom stereocenters. The second-order valence-electron chi connectivity index (χ2n) is 17.8. The highest BCUT2D eigenvalue weighted by Gasteiger charge is 2.31. The normalized spacial score (nSPS) is 12.9. The van der Waals surface area contributed by atoms with Gasteiger partial charge in [-0.25, -0.2) is 0 Å². The van der Waals surface area contributed by atoms with Gasteiger partial charge in [-0.3, -0.25) is 4.55 Å². The summed E-state index contributed by atoms with van der Waals surface area (Å²) < 4.78 is 34.0. The molecule has 0 saturated carbocycles. The van der Waals surface area contributed by atoms with E-state index in [9.17, 15) is 18.1 Å². The average molecular weight is 787 g/mol. The van der Waals surface area contributed by atoms with Gasteiger partial charge < -0.3 is 9.59 Å². The molecular weight excluding hydrogens is 687 g/mol. The van der Waals surface area contributed by atoms with Crippen molar-refractivity contribution in [3.05, 3.63) is 0 Å². The lowest BCUT2D eigenvalue weighted by molar-refractivity contribution is -0.931. The van der Waals surface area contributed by atoms with E-state index in [1.54, 1.807) is 0 Å². The summed E-state index contributed by atoms with van der Waals surface area (Å²) in [5.74, 6) is -0.539. The second-order valence-corrected chi connectivity index (χ2v) is 19.3. The Morgan fingerprint density at radius 1 is 0.352 bits per heavy atom. The minimum atomic E-state index is -4.20. The Bertz CT molecular complexity index is 761. The third-order valence-corrected chi connectivity index (χ3v) is 13.0. The molecule has 0 rings (SSSR count). The van der Waals surface area contributed by atoms with Crippen LogP contribution in [0.4, 0.5) is 0 Å². The number of rotatable bonds is 46. The Kier molecular flexibility index (Phi) is 40.9. The summed E-state index contributed by atoms with van der Waals surface area (Å²) in [7, 11) is -4.20. The first-order valence-corrected chi connectivity index (χ1v) is 26.4. The first kappa shape index (κ1) is 53.8. The smallest absolute Gasteiger partial charge is 0.267 e. The summed E-state index contributed by atoms with van der Waals surface area (Å²) >= 11 is 0. The van der Waals surface area contributed by atoms with Crippen LogP contribution in [-0.4, -0.2) is 60.6 Å². The number of hydrogen-bond acceptors (Lipinski definition) is 3. The Balaban J connectivity index is 4.87. The fraction of sp³-hybridized carbons (Fsp3) is 1.00. The van der Waals surface area contributed by atoms with Gasteiger partial charge in [0, 0.05) is 0 Å². The molecule has 6 heteroatoms. The molecule has 0 radical (unpaired) electrons. The maximum atomic E-state index is 11.8. The van der Waals surface area contributed by atoms with Gasteiger partial charge in [-0.15, -0.1) is 0 Å². The zero-order valence-electron chi connectivity index (χ0n) is 37.3. The van der Waals surface area contributed by atoms with Crippen LogP contribution in [0.25, 0.3) is 0 Å². The molecule has 0 spiro atoms. The Morgan fingerprint density at radius 3 is 0.722 bits per heavy atom. The van der Waals surface area contributed by atoms with Crippen molar-refractivity contribution in [2.45, 2.75) is 277 Å². The van der Waals surface area contributed by atoms with E-state index in [0.717, 1.165) is 43.4 Å². The molecule has 0 heterocycles. The van der Waals surface area contributed by atoms with Crippen LogP contribution >= 0.6 is 0 Å². The van der Waals surface area contributed by atoms with Crippen molar-refractivity contribution >= 4 is 10.1 Å². The summed E-state index contributed by atoms with van der Waals surface area (Å²) in [6, 6.07) is 0. The van der Waals surface area contributed by atoms with Crippen molar-refractivity contribution in [2.24, 2.45) is 0 Å². The molecule has 326 valence electrons. The van der Waals surface area contributed by atoms with E-state index in [1.165, 1.54) is 231 Å². The highest BCUT2D eigenvalue weighted by atomic mass is 32.2. The number of aliphatic hydroxyl groups is 1. The highest BCUT2D eigenvalue weighted by Crippen LogP contribution is 2.21. The minimum Gasteiger partial charge on any atom is -0.386 e. The van der Waals surface area contributed by atoms with Crippen LogP contribution in [0.2, 0.25) is 0 Å². The molecule has 5 nitrogen and oxygen atoms in total. The second kappa shape index (κ2) is 41.0. The molecule has 0 bridgehead atoms. The fourth-order valence-electron chi connectivity index (χ4n) is 8.75. The SMILES string of the molecule is CCCCCCCCCCCCCCC[N+](CCCCCCCCCCCCCCC)(CCCCCCCCCCCCCCC)CC(O)CS(=O)(=O)O. The van der Waals surface area contributed by atoms with Gasteiger partial charge in [0.25, 0.3) is 10.1 Å². The Morgan fingerprint density at radius 2 is 0.537 bits per heavy atom. The van der Waals surface area contributed by atoms with E-state index in [-0.39, 0.29) is 0 Å². The van der Waals surface area contributed by atoms with Crippen LogP contribution in [0.1, 0.15) is 271 Å². The summed E-state index contributed by atoms with van der Waals surface area (Å²) in [5, 5.41) is 11.0. The first-order valence-electron chi connectivity index (χ1n) is 24.8. The van der Waals surface area contributed by atoms with Crippen LogP contribution in [0.15, 0.2) is 0 Å². The Hall–Kier alpha value is -0.170. The van der Waals surface area contributed by atoms with Crippen molar-refractivity contribution in [3.8, 4) is 0 Å². The molecule has 0 aliphatic heterocycles. The average Bonchev–Trinajstić information content (AvgIpc) is 3.13. The van der Waals surface area contributed by atoms with Gasteiger partial charge in [0.15, 0.2) is 0 Å². The monoisotopic (exact) mass is 787 g/mol. The molecule has 2 N–H and O–H groups in total. The molecule has 0 aromatic rings. The van der Waals surface area contributed by atoms with E-state index in [1.807, 2.05) is 0 Å². The predicted molar refractivity (Wildman–Crippen MR) is 239 cm³/mol. The molecule has 1 unspecified atom stereocenters. The lowest BCUT2D eigenvalue weighted by atomic mass is 10.0. The zero-order valence-corrected chi connectivity index (χ0v) is 38.1. The molecule has 0 saturated heterocycles. The molecule has 0 fully saturated rings. The van der Waals surface area contributed by atoms with Gasteiger partial charge in [-0.05, 0) is 38.5 Å². The largest absolute Gasteiger partial charge is 0.386 e. The number of unbranched alkanes of at least 4 members (excludes halogenated alkanes) is 36. The highest BCUT2D eigenvalue weighted by molar-refractivity contribution is 7.85. The van der Waals surface area contributed by atoms with Gasteiger partial charge in [-0.2, -0.15) is 8.42 Å². The van der Waals surface area contributed by atoms with Crippen molar-refractivity contribution < 1.29 is 22.6 Å². The third kappa shape index (κ3) is 40.0. The first-order chi connectivity index (χ1) is 26.3. The van der Waals surface area contributed by atoms with Gasteiger partial charge in [0.05, 0.1) is 19.6 Å². The number of quaternary nitrogens is 1. The van der Waals surface area contributed by atoms with E-state index in [4.69, 9.17) is 0 Å². The standard InChI is InChI=1S/C48H99NO4S/c1-4-7-10-13-16-19-22-25-28-31-34-37-40-43-49(46-48(50)47-54(51,52)53,44-41-38-35-32-29-26-23-20-17-14-11-8-5-2)45-42-39-36-33-30-27-24-21-18-15-12-9-6-3/h48,50H,4-47H2,1-3H3/p+1. The van der Waals surface area contributed by atoms with E-state index in [2.05, 4.69) is 20.8 Å². The number of nitrogens with zero attached hydrogens (tertiary/aromatic N) is 1. The van der Waals surface area contributed by atoms with Crippen molar-refractivity contribution in [3.63, 3.8) is 0 Å². The number of hydrogen-bond donors (Lipinski definition) is 2. The van der Waals surface area contributed by atoms with E-state index >= 15 is 0 Å². The summed E-state index contributed by atoms with van der Waals surface area (Å²) in [6.45, 7) is 10.4. The molecule has 0 aromatic carbocycles. The fourth-order valence-corrected chi connectivity index (χ4v) is 9.34. The summed E-state index contributed by atoms with van der Waals surface area (Å²) in [5.41, 5.74) is 0. The predicted octanol–water partition coefficient (Wildman–Crippen LogP) is 15.3. The van der Waals surface area contributed by atoms with Crippen LogP contribution in [-0.2, 0) is 10.1 Å². The molecule has 54 heavy (non-hydrogen) atoms. The van der Waals surface area contributed by atoms with Gasteiger partial charge in [0.1, 0.15) is 18.4 Å². The number of aliphatic hydroxyl groups excluding tert-OH is 1. The van der Waals surface area contributed by atoms with Crippen LogP contribution in [0, 0.1) is 0 Å².